The van der Waals surface area contributed by atoms with Crippen LogP contribution in [0.15, 0.2) is 5.38 Å². The van der Waals surface area contributed by atoms with Gasteiger partial charge in [0.2, 0.25) is 0 Å². The molecule has 0 atom stereocenters. The van der Waals surface area contributed by atoms with Gasteiger partial charge in [-0.15, -0.1) is 11.3 Å². The highest BCUT2D eigenvalue weighted by molar-refractivity contribution is 7.09. The summed E-state index contributed by atoms with van der Waals surface area (Å²) < 4.78 is 0. The van der Waals surface area contributed by atoms with Gasteiger partial charge < -0.3 is 5.73 Å². The van der Waals surface area contributed by atoms with Gasteiger partial charge in [-0.2, -0.15) is 0 Å². The lowest BCUT2D eigenvalue weighted by molar-refractivity contribution is 0.0975. The first-order chi connectivity index (χ1) is 8.27. The van der Waals surface area contributed by atoms with Crippen molar-refractivity contribution < 1.29 is 4.79 Å². The van der Waals surface area contributed by atoms with Crippen LogP contribution in [0.1, 0.15) is 67.4 Å². The van der Waals surface area contributed by atoms with Crippen molar-refractivity contribution in [3.8, 4) is 0 Å². The SMILES string of the molecule is CCCCCCCCC(=O)c1csc(CN)n1. The number of aromatic nitrogens is 1. The third kappa shape index (κ3) is 5.41. The highest BCUT2D eigenvalue weighted by atomic mass is 32.1. The maximum atomic E-state index is 11.8. The fourth-order valence-electron chi connectivity index (χ4n) is 1.73. The molecule has 1 aromatic rings. The molecule has 2 N–H and O–H groups in total. The number of ketones is 1. The van der Waals surface area contributed by atoms with Gasteiger partial charge in [-0.3, -0.25) is 4.79 Å². The Morgan fingerprint density at radius 1 is 1.29 bits per heavy atom. The number of nitrogens with two attached hydrogens (primary N) is 1. The zero-order chi connectivity index (χ0) is 12.5. The first kappa shape index (κ1) is 14.3. The number of hydrogen-bond acceptors (Lipinski definition) is 4. The second-order valence-corrected chi connectivity index (χ2v) is 5.21. The van der Waals surface area contributed by atoms with Gasteiger partial charge in [0.15, 0.2) is 5.78 Å². The summed E-state index contributed by atoms with van der Waals surface area (Å²) in [5.74, 6) is 0.163. The van der Waals surface area contributed by atoms with Crippen molar-refractivity contribution in [2.24, 2.45) is 5.73 Å². The van der Waals surface area contributed by atoms with E-state index in [4.69, 9.17) is 5.73 Å². The second kappa shape index (κ2) is 8.37. The van der Waals surface area contributed by atoms with Crippen LogP contribution in [0.5, 0.6) is 0 Å². The van der Waals surface area contributed by atoms with E-state index in [2.05, 4.69) is 11.9 Å². The van der Waals surface area contributed by atoms with Gasteiger partial charge >= 0.3 is 0 Å². The van der Waals surface area contributed by atoms with E-state index < -0.39 is 0 Å². The van der Waals surface area contributed by atoms with E-state index in [9.17, 15) is 4.79 Å². The summed E-state index contributed by atoms with van der Waals surface area (Å²) in [7, 11) is 0. The third-order valence-corrected chi connectivity index (χ3v) is 3.64. The molecule has 0 saturated carbocycles. The fourth-order valence-corrected chi connectivity index (χ4v) is 2.41. The number of carbonyl (C=O) groups is 1. The van der Waals surface area contributed by atoms with Crippen LogP contribution in [-0.2, 0) is 6.54 Å². The number of rotatable bonds is 9. The molecule has 3 nitrogen and oxygen atoms in total. The molecule has 0 spiro atoms. The maximum Gasteiger partial charge on any atom is 0.182 e. The van der Waals surface area contributed by atoms with E-state index >= 15 is 0 Å². The molecule has 17 heavy (non-hydrogen) atoms. The molecule has 0 radical (unpaired) electrons. The number of Topliss-reactive ketones (excluding diaryl/α,β-unsaturated/α-hetero) is 1. The van der Waals surface area contributed by atoms with E-state index in [0.717, 1.165) is 17.8 Å². The molecule has 4 heteroatoms. The van der Waals surface area contributed by atoms with Crippen molar-refractivity contribution >= 4 is 17.1 Å². The van der Waals surface area contributed by atoms with Crippen molar-refractivity contribution in [3.05, 3.63) is 16.1 Å². The molecule has 0 unspecified atom stereocenters. The predicted molar refractivity (Wildman–Crippen MR) is 72.3 cm³/mol. The smallest absolute Gasteiger partial charge is 0.182 e. The summed E-state index contributed by atoms with van der Waals surface area (Å²) >= 11 is 1.47. The lowest BCUT2D eigenvalue weighted by atomic mass is 10.1. The van der Waals surface area contributed by atoms with Crippen LogP contribution in [0.3, 0.4) is 0 Å². The first-order valence-electron chi connectivity index (χ1n) is 6.45. The zero-order valence-corrected chi connectivity index (χ0v) is 11.4. The third-order valence-electron chi connectivity index (χ3n) is 2.77. The van der Waals surface area contributed by atoms with Crippen LogP contribution in [0.2, 0.25) is 0 Å². The van der Waals surface area contributed by atoms with Gasteiger partial charge in [0.25, 0.3) is 0 Å². The number of nitrogens with zero attached hydrogens (tertiary/aromatic N) is 1. The molecule has 0 bridgehead atoms. The van der Waals surface area contributed by atoms with Crippen molar-refractivity contribution in [3.63, 3.8) is 0 Å². The number of hydrogen-bond donors (Lipinski definition) is 1. The standard InChI is InChI=1S/C13H22N2OS/c1-2-3-4-5-6-7-8-12(16)11-10-17-13(9-14)15-11/h10H,2-9,14H2,1H3. The summed E-state index contributed by atoms with van der Waals surface area (Å²) in [6.45, 7) is 2.63. The second-order valence-electron chi connectivity index (χ2n) is 4.27. The van der Waals surface area contributed by atoms with Crippen molar-refractivity contribution in [1.82, 2.24) is 4.98 Å². The van der Waals surface area contributed by atoms with Crippen LogP contribution in [0.4, 0.5) is 0 Å². The Morgan fingerprint density at radius 2 is 2.00 bits per heavy atom. The van der Waals surface area contributed by atoms with Crippen LogP contribution in [-0.4, -0.2) is 10.8 Å². The monoisotopic (exact) mass is 254 g/mol. The Kier molecular flexibility index (Phi) is 7.05. The number of carbonyl (C=O) groups excluding carboxylic acids is 1. The van der Waals surface area contributed by atoms with E-state index in [-0.39, 0.29) is 5.78 Å². The average Bonchev–Trinajstić information content (AvgIpc) is 2.82. The Labute approximate surface area is 107 Å². The maximum absolute atomic E-state index is 11.8. The summed E-state index contributed by atoms with van der Waals surface area (Å²) in [4.78, 5) is 16.0. The summed E-state index contributed by atoms with van der Waals surface area (Å²) in [5, 5.41) is 2.66. The highest BCUT2D eigenvalue weighted by Crippen LogP contribution is 2.13. The van der Waals surface area contributed by atoms with Gasteiger partial charge in [0.1, 0.15) is 10.7 Å². The summed E-state index contributed by atoms with van der Waals surface area (Å²) in [6.07, 6.45) is 7.86. The molecule has 0 amide bonds. The van der Waals surface area contributed by atoms with E-state index in [1.165, 1.54) is 37.0 Å². The molecule has 1 rings (SSSR count). The molecule has 0 aliphatic heterocycles. The van der Waals surface area contributed by atoms with Gasteiger partial charge in [0.05, 0.1) is 0 Å². The van der Waals surface area contributed by atoms with Gasteiger partial charge in [-0.05, 0) is 6.42 Å². The zero-order valence-electron chi connectivity index (χ0n) is 10.6. The molecular formula is C13H22N2OS. The van der Waals surface area contributed by atoms with Gasteiger partial charge in [-0.25, -0.2) is 4.98 Å². The molecule has 1 aromatic heterocycles. The number of unbranched alkanes of at least 4 members (excludes halogenated alkanes) is 5. The highest BCUT2D eigenvalue weighted by Gasteiger charge is 2.09. The Hall–Kier alpha value is -0.740. The Bertz CT molecular complexity index is 336. The van der Waals surface area contributed by atoms with Gasteiger partial charge in [-0.1, -0.05) is 39.0 Å². The van der Waals surface area contributed by atoms with Crippen LogP contribution in [0, 0.1) is 0 Å². The molecule has 0 aliphatic rings. The molecule has 0 fully saturated rings. The first-order valence-corrected chi connectivity index (χ1v) is 7.33. The Balaban J connectivity index is 2.16. The van der Waals surface area contributed by atoms with Crippen LogP contribution >= 0.6 is 11.3 Å². The lowest BCUT2D eigenvalue weighted by Gasteiger charge is -1.99. The molecular weight excluding hydrogens is 232 g/mol. The van der Waals surface area contributed by atoms with E-state index in [1.54, 1.807) is 0 Å². The molecule has 1 heterocycles. The number of thiazole rings is 1. The molecule has 0 saturated heterocycles. The van der Waals surface area contributed by atoms with Crippen LogP contribution < -0.4 is 5.73 Å². The van der Waals surface area contributed by atoms with E-state index in [0.29, 0.717) is 18.7 Å². The topological polar surface area (TPSA) is 56.0 Å². The summed E-state index contributed by atoms with van der Waals surface area (Å²) in [5.41, 5.74) is 6.07. The normalized spacial score (nSPS) is 10.7. The van der Waals surface area contributed by atoms with Crippen molar-refractivity contribution in [2.75, 3.05) is 0 Å². The Morgan fingerprint density at radius 3 is 2.65 bits per heavy atom. The average molecular weight is 254 g/mol. The fraction of sp³-hybridized carbons (Fsp3) is 0.692. The molecule has 96 valence electrons. The van der Waals surface area contributed by atoms with Crippen molar-refractivity contribution in [1.29, 1.82) is 0 Å². The predicted octanol–water partition coefficient (Wildman–Crippen LogP) is 3.54. The minimum atomic E-state index is 0.163. The molecule has 0 aliphatic carbocycles. The minimum absolute atomic E-state index is 0.163. The largest absolute Gasteiger partial charge is 0.325 e. The van der Waals surface area contributed by atoms with Gasteiger partial charge in [0, 0.05) is 18.3 Å². The lowest BCUT2D eigenvalue weighted by Crippen LogP contribution is -2.01. The van der Waals surface area contributed by atoms with Crippen molar-refractivity contribution in [2.45, 2.75) is 58.4 Å². The molecule has 0 aromatic carbocycles. The summed E-state index contributed by atoms with van der Waals surface area (Å²) in [6, 6.07) is 0. The van der Waals surface area contributed by atoms with E-state index in [1.807, 2.05) is 5.38 Å². The quantitative estimate of drug-likeness (QED) is 0.541. The van der Waals surface area contributed by atoms with Crippen LogP contribution in [0.25, 0.3) is 0 Å². The minimum Gasteiger partial charge on any atom is -0.325 e.